The molecule has 0 amide bonds. The van der Waals surface area contributed by atoms with Gasteiger partial charge in [0.1, 0.15) is 0 Å². The van der Waals surface area contributed by atoms with Crippen molar-refractivity contribution in [1.82, 2.24) is 0 Å². The second-order valence-corrected chi connectivity index (χ2v) is 2.68. The Morgan fingerprint density at radius 1 is 0.824 bits per heavy atom. The number of hydrogen-bond acceptors (Lipinski definition) is 3. The number of carboxylic acid groups (broad SMARTS) is 3. The summed E-state index contributed by atoms with van der Waals surface area (Å²) in [5.41, 5.74) is 0.331. The first kappa shape index (κ1) is 14.4. The maximum absolute atomic E-state index is 10.2. The lowest BCUT2D eigenvalue weighted by Gasteiger charge is -1.88. The number of carbonyl (C=O) groups is 3. The van der Waals surface area contributed by atoms with Crippen LogP contribution in [0.4, 0.5) is 0 Å². The zero-order chi connectivity index (χ0) is 13.3. The summed E-state index contributed by atoms with van der Waals surface area (Å²) in [6.45, 7) is 0. The quantitative estimate of drug-likeness (QED) is 0.679. The molecule has 0 saturated carbocycles. The Kier molecular flexibility index (Phi) is 6.45. The summed E-state index contributed by atoms with van der Waals surface area (Å²) in [6.07, 6.45) is 1.12. The minimum atomic E-state index is -1.26. The van der Waals surface area contributed by atoms with Crippen molar-refractivity contribution in [2.75, 3.05) is 0 Å². The van der Waals surface area contributed by atoms with Crippen LogP contribution in [0.25, 0.3) is 0 Å². The third-order valence-corrected chi connectivity index (χ3v) is 1.39. The van der Waals surface area contributed by atoms with E-state index in [1.54, 1.807) is 30.3 Å². The lowest BCUT2D eigenvalue weighted by molar-refractivity contribution is -0.134. The molecule has 0 atom stereocenters. The van der Waals surface area contributed by atoms with Gasteiger partial charge in [0.2, 0.25) is 0 Å². The summed E-state index contributed by atoms with van der Waals surface area (Å²) in [7, 11) is 0. The molecule has 0 aliphatic rings. The Bertz CT molecular complexity index is 405. The van der Waals surface area contributed by atoms with Gasteiger partial charge in [0.05, 0.1) is 5.56 Å². The monoisotopic (exact) mass is 238 g/mol. The molecule has 0 spiro atoms. The van der Waals surface area contributed by atoms with E-state index in [4.69, 9.17) is 15.3 Å². The average molecular weight is 238 g/mol. The molecular weight excluding hydrogens is 228 g/mol. The first-order chi connectivity index (χ1) is 7.93. The standard InChI is InChI=1S/C7H6O2.C4H4O4/c8-7(9)6-4-2-1-3-5-6;5-3(6)1-2-4(7)8/h1-5H,(H,8,9);1-2H,(H,5,6)(H,7,8)/b;2-1+. The van der Waals surface area contributed by atoms with E-state index < -0.39 is 17.9 Å². The van der Waals surface area contributed by atoms with Gasteiger partial charge in [-0.15, -0.1) is 0 Å². The highest BCUT2D eigenvalue weighted by molar-refractivity contribution is 5.89. The van der Waals surface area contributed by atoms with Crippen LogP contribution in [0.3, 0.4) is 0 Å². The normalized spacial score (nSPS) is 9.18. The Morgan fingerprint density at radius 3 is 1.47 bits per heavy atom. The molecule has 3 N–H and O–H groups in total. The number of aliphatic carboxylic acids is 2. The van der Waals surface area contributed by atoms with Gasteiger partial charge in [-0.2, -0.15) is 0 Å². The molecule has 0 aliphatic heterocycles. The zero-order valence-electron chi connectivity index (χ0n) is 8.61. The zero-order valence-corrected chi connectivity index (χ0v) is 8.61. The van der Waals surface area contributed by atoms with Crippen LogP contribution in [0.15, 0.2) is 42.5 Å². The van der Waals surface area contributed by atoms with Gasteiger partial charge in [0, 0.05) is 12.2 Å². The van der Waals surface area contributed by atoms with Crippen LogP contribution in [0.1, 0.15) is 10.4 Å². The van der Waals surface area contributed by atoms with E-state index in [-0.39, 0.29) is 0 Å². The van der Waals surface area contributed by atoms with Crippen LogP contribution in [0, 0.1) is 0 Å². The molecule has 17 heavy (non-hydrogen) atoms. The summed E-state index contributed by atoms with van der Waals surface area (Å²) in [6, 6.07) is 8.30. The fourth-order valence-electron chi connectivity index (χ4n) is 0.723. The molecule has 0 aromatic heterocycles. The minimum Gasteiger partial charge on any atom is -0.478 e. The van der Waals surface area contributed by atoms with Crippen molar-refractivity contribution >= 4 is 17.9 Å². The third kappa shape index (κ3) is 8.37. The minimum absolute atomic E-state index is 0.331. The Morgan fingerprint density at radius 2 is 1.24 bits per heavy atom. The molecule has 90 valence electrons. The van der Waals surface area contributed by atoms with Crippen LogP contribution < -0.4 is 0 Å². The Hall–Kier alpha value is -2.63. The molecule has 0 saturated heterocycles. The fraction of sp³-hybridized carbons (Fsp3) is 0. The maximum Gasteiger partial charge on any atom is 0.335 e. The largest absolute Gasteiger partial charge is 0.478 e. The lowest BCUT2D eigenvalue weighted by atomic mass is 10.2. The molecule has 0 heterocycles. The van der Waals surface area contributed by atoms with Crippen LogP contribution in [-0.4, -0.2) is 33.2 Å². The van der Waals surface area contributed by atoms with Crippen molar-refractivity contribution in [3.63, 3.8) is 0 Å². The van der Waals surface area contributed by atoms with E-state index in [0.29, 0.717) is 17.7 Å². The molecule has 1 rings (SSSR count). The van der Waals surface area contributed by atoms with Crippen LogP contribution in [0.5, 0.6) is 0 Å². The molecule has 0 bridgehead atoms. The topological polar surface area (TPSA) is 112 Å². The van der Waals surface area contributed by atoms with Gasteiger partial charge in [-0.1, -0.05) is 18.2 Å². The first-order valence-corrected chi connectivity index (χ1v) is 4.35. The SMILES string of the molecule is O=C(O)/C=C/C(=O)O.O=C(O)c1ccccc1. The Balaban J connectivity index is 0.000000304. The fourth-order valence-corrected chi connectivity index (χ4v) is 0.723. The Labute approximate surface area is 96.4 Å². The van der Waals surface area contributed by atoms with Crippen LogP contribution >= 0.6 is 0 Å². The van der Waals surface area contributed by atoms with Gasteiger partial charge >= 0.3 is 17.9 Å². The molecule has 0 fully saturated rings. The van der Waals surface area contributed by atoms with Crippen LogP contribution in [-0.2, 0) is 9.59 Å². The number of aromatic carboxylic acids is 1. The molecule has 0 unspecified atom stereocenters. The summed E-state index contributed by atoms with van der Waals surface area (Å²) in [4.78, 5) is 29.3. The molecule has 1 aromatic carbocycles. The number of rotatable bonds is 3. The molecule has 1 aromatic rings. The van der Waals surface area contributed by atoms with Gasteiger partial charge < -0.3 is 15.3 Å². The van der Waals surface area contributed by atoms with Gasteiger partial charge in [-0.05, 0) is 12.1 Å². The van der Waals surface area contributed by atoms with E-state index in [1.807, 2.05) is 0 Å². The molecule has 0 radical (unpaired) electrons. The van der Waals surface area contributed by atoms with Crippen molar-refractivity contribution in [2.24, 2.45) is 0 Å². The van der Waals surface area contributed by atoms with E-state index in [1.165, 1.54) is 0 Å². The van der Waals surface area contributed by atoms with E-state index in [9.17, 15) is 14.4 Å². The summed E-state index contributed by atoms with van der Waals surface area (Å²) in [5, 5.41) is 24.0. The number of hydrogen-bond donors (Lipinski definition) is 3. The van der Waals surface area contributed by atoms with Crippen LogP contribution in [0.2, 0.25) is 0 Å². The van der Waals surface area contributed by atoms with Gasteiger partial charge in [-0.3, -0.25) is 0 Å². The number of carboxylic acids is 3. The summed E-state index contributed by atoms with van der Waals surface area (Å²) < 4.78 is 0. The predicted octanol–water partition coefficient (Wildman–Crippen LogP) is 1.10. The lowest BCUT2D eigenvalue weighted by Crippen LogP contribution is -1.93. The van der Waals surface area contributed by atoms with Crippen molar-refractivity contribution in [2.45, 2.75) is 0 Å². The van der Waals surface area contributed by atoms with Crippen molar-refractivity contribution in [3.8, 4) is 0 Å². The van der Waals surface area contributed by atoms with Crippen molar-refractivity contribution in [1.29, 1.82) is 0 Å². The highest BCUT2D eigenvalue weighted by Gasteiger charge is 1.96. The molecule has 0 aliphatic carbocycles. The van der Waals surface area contributed by atoms with E-state index in [2.05, 4.69) is 0 Å². The van der Waals surface area contributed by atoms with Crippen molar-refractivity contribution < 1.29 is 29.7 Å². The molecule has 6 heteroatoms. The number of benzene rings is 1. The first-order valence-electron chi connectivity index (χ1n) is 4.35. The van der Waals surface area contributed by atoms with Gasteiger partial charge in [0.15, 0.2) is 0 Å². The molecular formula is C11H10O6. The second kappa shape index (κ2) is 7.63. The van der Waals surface area contributed by atoms with E-state index in [0.717, 1.165) is 0 Å². The second-order valence-electron chi connectivity index (χ2n) is 2.68. The predicted molar refractivity (Wildman–Crippen MR) is 57.8 cm³/mol. The highest BCUT2D eigenvalue weighted by Crippen LogP contribution is 1.96. The summed E-state index contributed by atoms with van der Waals surface area (Å²) >= 11 is 0. The highest BCUT2D eigenvalue weighted by atomic mass is 16.4. The van der Waals surface area contributed by atoms with Gasteiger partial charge in [0.25, 0.3) is 0 Å². The maximum atomic E-state index is 10.2. The smallest absolute Gasteiger partial charge is 0.335 e. The van der Waals surface area contributed by atoms with Gasteiger partial charge in [-0.25, -0.2) is 14.4 Å². The summed E-state index contributed by atoms with van der Waals surface area (Å²) in [5.74, 6) is -3.39. The third-order valence-electron chi connectivity index (χ3n) is 1.39. The van der Waals surface area contributed by atoms with Crippen molar-refractivity contribution in [3.05, 3.63) is 48.0 Å². The molecule has 6 nitrogen and oxygen atoms in total. The average Bonchev–Trinajstić information content (AvgIpc) is 2.28. The van der Waals surface area contributed by atoms with E-state index >= 15 is 0 Å².